The average molecular weight is 126 g/mol. The number of hydrogen-bond donors (Lipinski definition) is 0. The van der Waals surface area contributed by atoms with Crippen LogP contribution in [0.25, 0.3) is 0 Å². The third-order valence-electron chi connectivity index (χ3n) is 0.877. The van der Waals surface area contributed by atoms with Gasteiger partial charge in [0.25, 0.3) is 0 Å². The van der Waals surface area contributed by atoms with E-state index >= 15 is 0 Å². The molecule has 0 bridgehead atoms. The second kappa shape index (κ2) is 1.97. The molecular weight excluding hydrogens is 120 g/mol. The Morgan fingerprint density at radius 3 is 2.44 bits per heavy atom. The maximum atomic E-state index is 10.6. The average Bonchev–Trinajstić information content (AvgIpc) is 1.80. The molecule has 0 saturated heterocycles. The molecule has 0 atom stereocenters. The molecule has 1 rings (SSSR count). The predicted molar refractivity (Wildman–Crippen MR) is 30.0 cm³/mol. The van der Waals surface area contributed by atoms with Crippen molar-refractivity contribution in [3.63, 3.8) is 0 Å². The fourth-order valence-electron chi connectivity index (χ4n) is 0.415. The number of nitrogens with zero attached hydrogens (tertiary/aromatic N) is 2. The van der Waals surface area contributed by atoms with Gasteiger partial charge >= 0.3 is 5.63 Å². The lowest BCUT2D eigenvalue weighted by Gasteiger charge is -1.86. The van der Waals surface area contributed by atoms with Crippen molar-refractivity contribution < 1.29 is 4.42 Å². The highest BCUT2D eigenvalue weighted by molar-refractivity contribution is 4.85. The molecule has 0 saturated carbocycles. The molecule has 1 heterocycles. The maximum Gasteiger partial charge on any atom is 0.360 e. The van der Waals surface area contributed by atoms with Gasteiger partial charge in [-0.3, -0.25) is 0 Å². The predicted octanol–water partition coefficient (Wildman–Crippen LogP) is 0.0466. The highest BCUT2D eigenvalue weighted by Crippen LogP contribution is 1.82. The summed E-state index contributed by atoms with van der Waals surface area (Å²) in [6.45, 7) is 3.13. The molecule has 48 valence electrons. The van der Waals surface area contributed by atoms with E-state index in [2.05, 4.69) is 14.6 Å². The first-order valence-corrected chi connectivity index (χ1v) is 2.51. The molecule has 9 heavy (non-hydrogen) atoms. The van der Waals surface area contributed by atoms with Crippen LogP contribution in [0.2, 0.25) is 0 Å². The van der Waals surface area contributed by atoms with Crippen LogP contribution in [0.3, 0.4) is 0 Å². The summed E-state index contributed by atoms with van der Waals surface area (Å²) in [6, 6.07) is 0. The van der Waals surface area contributed by atoms with Crippen LogP contribution in [0.1, 0.15) is 11.6 Å². The Hall–Kier alpha value is -1.19. The Bertz CT molecular complexity index is 266. The minimum Gasteiger partial charge on any atom is -0.406 e. The summed E-state index contributed by atoms with van der Waals surface area (Å²) in [5.41, 5.74) is -0.122. The Morgan fingerprint density at radius 2 is 2.00 bits per heavy atom. The van der Waals surface area contributed by atoms with Gasteiger partial charge in [0.05, 0.1) is 0 Å². The van der Waals surface area contributed by atoms with E-state index in [-0.39, 0.29) is 0 Å². The van der Waals surface area contributed by atoms with E-state index in [1.807, 2.05) is 0 Å². The monoisotopic (exact) mass is 126 g/mol. The summed E-state index contributed by atoms with van der Waals surface area (Å²) in [6.07, 6.45) is 0. The van der Waals surface area contributed by atoms with Gasteiger partial charge in [0, 0.05) is 6.92 Å². The van der Waals surface area contributed by atoms with Gasteiger partial charge in [-0.25, -0.2) is 4.79 Å². The van der Waals surface area contributed by atoms with E-state index in [4.69, 9.17) is 0 Å². The molecule has 4 heteroatoms. The molecular formula is C5H6N2O2. The summed E-state index contributed by atoms with van der Waals surface area (Å²) in [7, 11) is 0. The van der Waals surface area contributed by atoms with E-state index < -0.39 is 5.63 Å². The van der Waals surface area contributed by atoms with Crippen molar-refractivity contribution >= 4 is 0 Å². The van der Waals surface area contributed by atoms with Crippen LogP contribution in [-0.4, -0.2) is 10.2 Å². The minimum atomic E-state index is -0.414. The van der Waals surface area contributed by atoms with Crippen LogP contribution >= 0.6 is 0 Å². The molecule has 0 spiro atoms. The second-order valence-corrected chi connectivity index (χ2v) is 1.69. The van der Waals surface area contributed by atoms with Crippen molar-refractivity contribution in [2.75, 3.05) is 0 Å². The van der Waals surface area contributed by atoms with Crippen molar-refractivity contribution in [1.82, 2.24) is 10.2 Å². The molecule has 1 aromatic rings. The standard InChI is InChI=1S/C5H6N2O2/c1-3-5(8)9-4(2)7-6-3/h1-2H3. The Labute approximate surface area is 51.5 Å². The first-order chi connectivity index (χ1) is 4.20. The SMILES string of the molecule is Cc1nnc(C)c(=O)o1. The third kappa shape index (κ3) is 1.13. The zero-order chi connectivity index (χ0) is 6.85. The zero-order valence-corrected chi connectivity index (χ0v) is 5.21. The van der Waals surface area contributed by atoms with Gasteiger partial charge in [0.15, 0.2) is 0 Å². The van der Waals surface area contributed by atoms with E-state index in [0.29, 0.717) is 11.6 Å². The molecule has 0 amide bonds. The van der Waals surface area contributed by atoms with E-state index in [9.17, 15) is 4.79 Å². The van der Waals surface area contributed by atoms with Gasteiger partial charge in [-0.1, -0.05) is 0 Å². The van der Waals surface area contributed by atoms with Gasteiger partial charge in [0.1, 0.15) is 5.69 Å². The number of rotatable bonds is 0. The van der Waals surface area contributed by atoms with E-state index in [1.165, 1.54) is 0 Å². The third-order valence-corrected chi connectivity index (χ3v) is 0.877. The molecule has 0 aliphatic heterocycles. The lowest BCUT2D eigenvalue weighted by atomic mass is 10.6. The molecule has 0 unspecified atom stereocenters. The summed E-state index contributed by atoms with van der Waals surface area (Å²) >= 11 is 0. The van der Waals surface area contributed by atoms with Crippen molar-refractivity contribution in [3.05, 3.63) is 22.0 Å². The van der Waals surface area contributed by atoms with Crippen molar-refractivity contribution in [2.45, 2.75) is 13.8 Å². The quantitative estimate of drug-likeness (QED) is 0.492. The lowest BCUT2D eigenvalue weighted by molar-refractivity contribution is 0.432. The van der Waals surface area contributed by atoms with Gasteiger partial charge in [0.2, 0.25) is 5.89 Å². The minimum absolute atomic E-state index is 0.292. The zero-order valence-electron chi connectivity index (χ0n) is 5.21. The fraction of sp³-hybridized carbons (Fsp3) is 0.400. The number of hydrogen-bond acceptors (Lipinski definition) is 4. The largest absolute Gasteiger partial charge is 0.406 e. The van der Waals surface area contributed by atoms with Crippen molar-refractivity contribution in [3.8, 4) is 0 Å². The topological polar surface area (TPSA) is 56.0 Å². The van der Waals surface area contributed by atoms with Crippen LogP contribution in [0.5, 0.6) is 0 Å². The maximum absolute atomic E-state index is 10.6. The molecule has 0 radical (unpaired) electrons. The summed E-state index contributed by atoms with van der Waals surface area (Å²) in [4.78, 5) is 10.6. The molecule has 1 aromatic heterocycles. The first kappa shape index (κ1) is 5.94. The van der Waals surface area contributed by atoms with Crippen LogP contribution < -0.4 is 5.63 Å². The molecule has 0 fully saturated rings. The highest BCUT2D eigenvalue weighted by Gasteiger charge is 1.95. The normalized spacial score (nSPS) is 9.56. The number of aryl methyl sites for hydroxylation is 2. The van der Waals surface area contributed by atoms with Gasteiger partial charge < -0.3 is 4.42 Å². The Kier molecular flexibility index (Phi) is 1.30. The summed E-state index contributed by atoms with van der Waals surface area (Å²) in [5, 5.41) is 7.04. The van der Waals surface area contributed by atoms with Gasteiger partial charge in [-0.15, -0.1) is 10.2 Å². The number of aromatic nitrogens is 2. The van der Waals surface area contributed by atoms with Crippen LogP contribution in [0, 0.1) is 13.8 Å². The fourth-order valence-corrected chi connectivity index (χ4v) is 0.415. The van der Waals surface area contributed by atoms with Crippen LogP contribution in [0.4, 0.5) is 0 Å². The molecule has 0 aliphatic carbocycles. The van der Waals surface area contributed by atoms with Crippen LogP contribution in [0.15, 0.2) is 9.21 Å². The molecule has 0 aromatic carbocycles. The van der Waals surface area contributed by atoms with Gasteiger partial charge in [-0.2, -0.15) is 0 Å². The Balaban J connectivity index is 3.34. The molecule has 0 aliphatic rings. The second-order valence-electron chi connectivity index (χ2n) is 1.69. The first-order valence-electron chi connectivity index (χ1n) is 2.51. The van der Waals surface area contributed by atoms with Crippen molar-refractivity contribution in [2.24, 2.45) is 0 Å². The van der Waals surface area contributed by atoms with E-state index in [1.54, 1.807) is 13.8 Å². The van der Waals surface area contributed by atoms with Crippen LogP contribution in [-0.2, 0) is 0 Å². The highest BCUT2D eigenvalue weighted by atomic mass is 16.4. The van der Waals surface area contributed by atoms with E-state index in [0.717, 1.165) is 0 Å². The molecule has 4 nitrogen and oxygen atoms in total. The van der Waals surface area contributed by atoms with Gasteiger partial charge in [-0.05, 0) is 6.92 Å². The lowest BCUT2D eigenvalue weighted by Crippen LogP contribution is -2.08. The Morgan fingerprint density at radius 1 is 1.33 bits per heavy atom. The molecule has 0 N–H and O–H groups in total. The summed E-state index contributed by atoms with van der Waals surface area (Å²) < 4.78 is 4.58. The van der Waals surface area contributed by atoms with Crippen molar-refractivity contribution in [1.29, 1.82) is 0 Å². The summed E-state index contributed by atoms with van der Waals surface area (Å²) in [5.74, 6) is 0.297. The smallest absolute Gasteiger partial charge is 0.360 e.